The lowest BCUT2D eigenvalue weighted by Gasteiger charge is -2.31. The van der Waals surface area contributed by atoms with Crippen LogP contribution in [0.15, 0.2) is 36.4 Å². The fourth-order valence-electron chi connectivity index (χ4n) is 2.71. The van der Waals surface area contributed by atoms with Crippen molar-refractivity contribution in [1.29, 1.82) is 0 Å². The van der Waals surface area contributed by atoms with Gasteiger partial charge in [-0.1, -0.05) is 23.7 Å². The van der Waals surface area contributed by atoms with Crippen molar-refractivity contribution in [2.24, 2.45) is 0 Å². The van der Waals surface area contributed by atoms with E-state index in [1.165, 1.54) is 0 Å². The minimum atomic E-state index is 0.185. The van der Waals surface area contributed by atoms with Crippen molar-refractivity contribution < 1.29 is 4.79 Å². The lowest BCUT2D eigenvalue weighted by Crippen LogP contribution is -2.26. The van der Waals surface area contributed by atoms with Gasteiger partial charge < -0.3 is 4.90 Å². The fraction of sp³-hybridized carbons (Fsp3) is 0.316. The van der Waals surface area contributed by atoms with Crippen LogP contribution in [-0.2, 0) is 0 Å². The molecule has 1 atom stereocenters. The molecule has 0 aliphatic carbocycles. The van der Waals surface area contributed by atoms with Gasteiger partial charge in [0.2, 0.25) is 0 Å². The molecule has 2 nitrogen and oxygen atoms in total. The van der Waals surface area contributed by atoms with Crippen molar-refractivity contribution in [1.82, 2.24) is 0 Å². The Morgan fingerprint density at radius 3 is 2.45 bits per heavy atom. The molecule has 3 heteroatoms. The van der Waals surface area contributed by atoms with E-state index >= 15 is 0 Å². The molecular weight excluding hydrogens is 294 g/mol. The van der Waals surface area contributed by atoms with Crippen LogP contribution in [0, 0.1) is 13.8 Å². The molecule has 0 fully saturated rings. The first-order chi connectivity index (χ1) is 10.5. The highest BCUT2D eigenvalue weighted by Crippen LogP contribution is 2.30. The van der Waals surface area contributed by atoms with E-state index in [4.69, 9.17) is 11.6 Å². The van der Waals surface area contributed by atoms with Gasteiger partial charge in [0.1, 0.15) is 6.29 Å². The Labute approximate surface area is 137 Å². The molecule has 1 unspecified atom stereocenters. The number of rotatable bonds is 5. The van der Waals surface area contributed by atoms with Crippen molar-refractivity contribution in [3.63, 3.8) is 0 Å². The highest BCUT2D eigenvalue weighted by molar-refractivity contribution is 6.31. The zero-order valence-corrected chi connectivity index (χ0v) is 14.3. The minimum absolute atomic E-state index is 0.185. The summed E-state index contributed by atoms with van der Waals surface area (Å²) in [6.45, 7) is 9.15. The molecule has 0 spiro atoms. The Morgan fingerprint density at radius 1 is 1.14 bits per heavy atom. The second-order valence-corrected chi connectivity index (χ2v) is 6.04. The van der Waals surface area contributed by atoms with E-state index in [1.807, 2.05) is 38.1 Å². The molecule has 0 bridgehead atoms. The average Bonchev–Trinajstić information content (AvgIpc) is 2.51. The maximum Gasteiger partial charge on any atom is 0.150 e. The van der Waals surface area contributed by atoms with Crippen molar-refractivity contribution >= 4 is 23.6 Å². The third-order valence-corrected chi connectivity index (χ3v) is 4.62. The van der Waals surface area contributed by atoms with Crippen LogP contribution < -0.4 is 4.90 Å². The number of aryl methyl sites for hydroxylation is 2. The summed E-state index contributed by atoms with van der Waals surface area (Å²) in [6, 6.07) is 12.4. The quantitative estimate of drug-likeness (QED) is 0.692. The molecule has 0 amide bonds. The number of hydrogen-bond acceptors (Lipinski definition) is 2. The largest absolute Gasteiger partial charge is 0.365 e. The second kappa shape index (κ2) is 6.97. The third kappa shape index (κ3) is 3.33. The molecule has 2 rings (SSSR count). The van der Waals surface area contributed by atoms with Gasteiger partial charge in [0.25, 0.3) is 0 Å². The van der Waals surface area contributed by atoms with E-state index in [2.05, 4.69) is 30.9 Å². The maximum atomic E-state index is 11.2. The third-order valence-electron chi connectivity index (χ3n) is 4.19. The van der Waals surface area contributed by atoms with Crippen LogP contribution in [0.5, 0.6) is 0 Å². The fourth-order valence-corrected chi connectivity index (χ4v) is 2.83. The van der Waals surface area contributed by atoms with Crippen molar-refractivity contribution in [3.8, 4) is 0 Å². The second-order valence-electron chi connectivity index (χ2n) is 5.63. The number of carbonyl (C=O) groups excluding carboxylic acids is 1. The predicted molar refractivity (Wildman–Crippen MR) is 94.2 cm³/mol. The smallest absolute Gasteiger partial charge is 0.150 e. The molecule has 0 N–H and O–H groups in total. The van der Waals surface area contributed by atoms with Crippen LogP contribution in [0.3, 0.4) is 0 Å². The standard InChI is InChI=1S/C19H22ClNO/c1-5-21(18-8-9-19(20)14(3)10-18)15(4)16-7-6-13(2)17(11-16)12-22/h6-12,15H,5H2,1-4H3. The molecule has 2 aromatic rings. The van der Waals surface area contributed by atoms with Gasteiger partial charge in [-0.25, -0.2) is 0 Å². The first-order valence-electron chi connectivity index (χ1n) is 7.56. The number of carbonyl (C=O) groups is 1. The monoisotopic (exact) mass is 315 g/mol. The number of anilines is 1. The van der Waals surface area contributed by atoms with Crippen LogP contribution >= 0.6 is 11.6 Å². The zero-order chi connectivity index (χ0) is 16.3. The number of aldehydes is 1. The van der Waals surface area contributed by atoms with E-state index in [0.717, 1.165) is 45.8 Å². The summed E-state index contributed by atoms with van der Waals surface area (Å²) in [5.41, 5.74) is 5.12. The Bertz CT molecular complexity index is 681. The maximum absolute atomic E-state index is 11.2. The van der Waals surface area contributed by atoms with Crippen LogP contribution in [0.2, 0.25) is 5.02 Å². The first-order valence-corrected chi connectivity index (χ1v) is 7.94. The molecule has 0 radical (unpaired) electrons. The van der Waals surface area contributed by atoms with Gasteiger partial charge in [0.05, 0.1) is 6.04 Å². The Hall–Kier alpha value is -1.80. The summed E-state index contributed by atoms with van der Waals surface area (Å²) >= 11 is 6.12. The summed E-state index contributed by atoms with van der Waals surface area (Å²) in [5, 5.41) is 0.783. The average molecular weight is 316 g/mol. The van der Waals surface area contributed by atoms with Gasteiger partial charge >= 0.3 is 0 Å². The number of benzene rings is 2. The number of nitrogens with zero attached hydrogens (tertiary/aromatic N) is 1. The topological polar surface area (TPSA) is 20.3 Å². The number of halogens is 1. The molecule has 0 saturated carbocycles. The van der Waals surface area contributed by atoms with Crippen LogP contribution in [0.1, 0.15) is 46.9 Å². The van der Waals surface area contributed by atoms with Gasteiger partial charge in [0.15, 0.2) is 0 Å². The van der Waals surface area contributed by atoms with Gasteiger partial charge in [0, 0.05) is 22.8 Å². The lowest BCUT2D eigenvalue weighted by atomic mass is 10.00. The molecule has 0 aromatic heterocycles. The highest BCUT2D eigenvalue weighted by Gasteiger charge is 2.16. The Kier molecular flexibility index (Phi) is 5.25. The minimum Gasteiger partial charge on any atom is -0.365 e. The molecule has 0 aliphatic heterocycles. The summed E-state index contributed by atoms with van der Waals surface area (Å²) < 4.78 is 0. The molecule has 0 saturated heterocycles. The SMILES string of the molecule is CCN(c1ccc(Cl)c(C)c1)C(C)c1ccc(C)c(C=O)c1. The van der Waals surface area contributed by atoms with E-state index < -0.39 is 0 Å². The summed E-state index contributed by atoms with van der Waals surface area (Å²) in [5.74, 6) is 0. The molecule has 0 heterocycles. The van der Waals surface area contributed by atoms with Crippen LogP contribution in [0.4, 0.5) is 5.69 Å². The zero-order valence-electron chi connectivity index (χ0n) is 13.6. The predicted octanol–water partition coefficient (Wildman–Crippen LogP) is 5.36. The molecule has 22 heavy (non-hydrogen) atoms. The highest BCUT2D eigenvalue weighted by atomic mass is 35.5. The van der Waals surface area contributed by atoms with Crippen molar-refractivity contribution in [3.05, 3.63) is 63.7 Å². The van der Waals surface area contributed by atoms with Gasteiger partial charge in [-0.15, -0.1) is 0 Å². The van der Waals surface area contributed by atoms with Gasteiger partial charge in [-0.05, 0) is 68.7 Å². The van der Waals surface area contributed by atoms with E-state index in [0.29, 0.717) is 0 Å². The Morgan fingerprint density at radius 2 is 1.86 bits per heavy atom. The van der Waals surface area contributed by atoms with Crippen molar-refractivity contribution in [2.45, 2.75) is 33.7 Å². The van der Waals surface area contributed by atoms with Crippen molar-refractivity contribution in [2.75, 3.05) is 11.4 Å². The van der Waals surface area contributed by atoms with Gasteiger partial charge in [-0.3, -0.25) is 4.79 Å². The van der Waals surface area contributed by atoms with E-state index in [9.17, 15) is 4.79 Å². The lowest BCUT2D eigenvalue weighted by molar-refractivity contribution is 0.112. The molecule has 116 valence electrons. The molecular formula is C19H22ClNO. The Balaban J connectivity index is 2.37. The normalized spacial score (nSPS) is 12.0. The first kappa shape index (κ1) is 16.6. The summed E-state index contributed by atoms with van der Waals surface area (Å²) in [6.07, 6.45) is 0.925. The van der Waals surface area contributed by atoms with Gasteiger partial charge in [-0.2, -0.15) is 0 Å². The molecule has 0 aliphatic rings. The number of hydrogen-bond donors (Lipinski definition) is 0. The molecule has 2 aromatic carbocycles. The summed E-state index contributed by atoms with van der Waals surface area (Å²) in [4.78, 5) is 13.5. The summed E-state index contributed by atoms with van der Waals surface area (Å²) in [7, 11) is 0. The van der Waals surface area contributed by atoms with Crippen LogP contribution in [-0.4, -0.2) is 12.8 Å². The van der Waals surface area contributed by atoms with E-state index in [1.54, 1.807) is 0 Å². The van der Waals surface area contributed by atoms with E-state index in [-0.39, 0.29) is 6.04 Å². The van der Waals surface area contributed by atoms with Crippen LogP contribution in [0.25, 0.3) is 0 Å².